The summed E-state index contributed by atoms with van der Waals surface area (Å²) in [5.41, 5.74) is 1.60. The van der Waals surface area contributed by atoms with Crippen LogP contribution in [0.4, 0.5) is 0 Å². The normalized spacial score (nSPS) is 11.8. The van der Waals surface area contributed by atoms with Gasteiger partial charge in [0, 0.05) is 11.1 Å². The van der Waals surface area contributed by atoms with Crippen LogP contribution in [0.2, 0.25) is 0 Å². The van der Waals surface area contributed by atoms with Gasteiger partial charge in [-0.2, -0.15) is 0 Å². The molecule has 0 spiro atoms. The quantitative estimate of drug-likeness (QED) is 0.638. The van der Waals surface area contributed by atoms with E-state index in [9.17, 15) is 5.11 Å². The summed E-state index contributed by atoms with van der Waals surface area (Å²) in [6.45, 7) is 0. The molecule has 1 N–H and O–H groups in total. The number of hydrogen-bond acceptors (Lipinski definition) is 2. The molecule has 2 rings (SSSR count). The predicted molar refractivity (Wildman–Crippen MR) is 69.3 cm³/mol. The molecule has 0 atom stereocenters. The highest BCUT2D eigenvalue weighted by Gasteiger charge is 2.10. The summed E-state index contributed by atoms with van der Waals surface area (Å²) in [5, 5.41) is 10.2. The van der Waals surface area contributed by atoms with Gasteiger partial charge in [-0.3, -0.25) is 0 Å². The monoisotopic (exact) mass is 226 g/mol. The van der Waals surface area contributed by atoms with Crippen molar-refractivity contribution in [2.45, 2.75) is 0 Å². The number of rotatable bonds is 3. The maximum Gasteiger partial charge on any atom is 0.168 e. The summed E-state index contributed by atoms with van der Waals surface area (Å²) < 4.78 is 5.28. The Bertz CT molecular complexity index is 501. The van der Waals surface area contributed by atoms with Gasteiger partial charge in [-0.1, -0.05) is 60.7 Å². The first kappa shape index (κ1) is 11.3. The smallest absolute Gasteiger partial charge is 0.168 e. The molecule has 0 aromatic heterocycles. The first-order chi connectivity index (χ1) is 8.33. The van der Waals surface area contributed by atoms with Crippen LogP contribution in [0.1, 0.15) is 11.1 Å². The van der Waals surface area contributed by atoms with Gasteiger partial charge in [0.05, 0.1) is 7.11 Å². The molecule has 0 aliphatic heterocycles. The second-order valence-corrected chi connectivity index (χ2v) is 3.61. The van der Waals surface area contributed by atoms with Crippen LogP contribution < -0.4 is 0 Å². The predicted octanol–water partition coefficient (Wildman–Crippen LogP) is 3.72. The van der Waals surface area contributed by atoms with Crippen LogP contribution in [0, 0.1) is 0 Å². The standard InChI is InChI=1S/C15H14O2/c1-17-15(13-10-6-3-7-11-13)14(16)12-8-4-2-5-9-12/h2-11,16H,1H3/b15-14-. The number of aliphatic hydroxyl groups is 1. The Balaban J connectivity index is 2.48. The second-order valence-electron chi connectivity index (χ2n) is 3.61. The fourth-order valence-electron chi connectivity index (χ4n) is 1.67. The molecular formula is C15H14O2. The number of aliphatic hydroxyl groups excluding tert-OH is 1. The third-order valence-electron chi connectivity index (χ3n) is 2.50. The van der Waals surface area contributed by atoms with E-state index in [1.807, 2.05) is 60.7 Å². The molecule has 0 bridgehead atoms. The molecule has 0 aliphatic carbocycles. The highest BCUT2D eigenvalue weighted by Crippen LogP contribution is 2.24. The lowest BCUT2D eigenvalue weighted by Crippen LogP contribution is -1.93. The third kappa shape index (κ3) is 2.48. The molecule has 0 saturated heterocycles. The molecule has 0 heterocycles. The summed E-state index contributed by atoms with van der Waals surface area (Å²) in [4.78, 5) is 0. The molecule has 2 aromatic carbocycles. The van der Waals surface area contributed by atoms with E-state index in [0.29, 0.717) is 5.76 Å². The minimum absolute atomic E-state index is 0.152. The zero-order chi connectivity index (χ0) is 12.1. The van der Waals surface area contributed by atoms with E-state index >= 15 is 0 Å². The molecule has 17 heavy (non-hydrogen) atoms. The molecule has 0 saturated carbocycles. The zero-order valence-electron chi connectivity index (χ0n) is 9.63. The molecule has 0 fully saturated rings. The molecule has 0 radical (unpaired) electrons. The van der Waals surface area contributed by atoms with Crippen molar-refractivity contribution in [3.05, 3.63) is 71.8 Å². The topological polar surface area (TPSA) is 29.5 Å². The Morgan fingerprint density at radius 1 is 0.824 bits per heavy atom. The average molecular weight is 226 g/mol. The number of ether oxygens (including phenoxy) is 1. The van der Waals surface area contributed by atoms with Crippen LogP contribution in [-0.2, 0) is 4.74 Å². The van der Waals surface area contributed by atoms with Crippen LogP contribution in [-0.4, -0.2) is 12.2 Å². The number of hydrogen-bond donors (Lipinski definition) is 1. The van der Waals surface area contributed by atoms with Gasteiger partial charge in [-0.15, -0.1) is 0 Å². The Morgan fingerprint density at radius 3 is 1.76 bits per heavy atom. The molecule has 2 nitrogen and oxygen atoms in total. The van der Waals surface area contributed by atoms with Gasteiger partial charge in [0.25, 0.3) is 0 Å². The van der Waals surface area contributed by atoms with Gasteiger partial charge in [0.1, 0.15) is 0 Å². The molecule has 2 aromatic rings. The largest absolute Gasteiger partial charge is 0.504 e. The minimum atomic E-state index is 0.152. The Morgan fingerprint density at radius 2 is 1.29 bits per heavy atom. The number of benzene rings is 2. The summed E-state index contributed by atoms with van der Waals surface area (Å²) >= 11 is 0. The molecule has 86 valence electrons. The van der Waals surface area contributed by atoms with Gasteiger partial charge in [0.2, 0.25) is 0 Å². The minimum Gasteiger partial charge on any atom is -0.504 e. The SMILES string of the molecule is CO/C(=C(\O)c1ccccc1)c1ccccc1. The molecule has 0 unspecified atom stereocenters. The van der Waals surface area contributed by atoms with E-state index in [-0.39, 0.29) is 5.76 Å². The van der Waals surface area contributed by atoms with Crippen molar-refractivity contribution in [1.29, 1.82) is 0 Å². The van der Waals surface area contributed by atoms with Crippen molar-refractivity contribution < 1.29 is 9.84 Å². The van der Waals surface area contributed by atoms with Crippen molar-refractivity contribution in [1.82, 2.24) is 0 Å². The fraction of sp³-hybridized carbons (Fsp3) is 0.0667. The summed E-state index contributed by atoms with van der Waals surface area (Å²) in [6, 6.07) is 18.9. The molecule has 2 heteroatoms. The lowest BCUT2D eigenvalue weighted by atomic mass is 10.1. The van der Waals surface area contributed by atoms with Crippen molar-refractivity contribution in [3.63, 3.8) is 0 Å². The molecular weight excluding hydrogens is 212 g/mol. The maximum absolute atomic E-state index is 10.2. The Labute approximate surface area is 101 Å². The summed E-state index contributed by atoms with van der Waals surface area (Å²) in [7, 11) is 1.56. The van der Waals surface area contributed by atoms with Gasteiger partial charge in [-0.25, -0.2) is 0 Å². The lowest BCUT2D eigenvalue weighted by molar-refractivity contribution is 0.358. The molecule has 0 aliphatic rings. The van der Waals surface area contributed by atoms with E-state index in [0.717, 1.165) is 11.1 Å². The van der Waals surface area contributed by atoms with E-state index in [2.05, 4.69) is 0 Å². The van der Waals surface area contributed by atoms with Gasteiger partial charge >= 0.3 is 0 Å². The van der Waals surface area contributed by atoms with Crippen LogP contribution >= 0.6 is 0 Å². The van der Waals surface area contributed by atoms with Crippen molar-refractivity contribution in [2.24, 2.45) is 0 Å². The summed E-state index contributed by atoms with van der Waals surface area (Å²) in [5.74, 6) is 0.635. The van der Waals surface area contributed by atoms with Crippen LogP contribution in [0.3, 0.4) is 0 Å². The third-order valence-corrected chi connectivity index (χ3v) is 2.50. The van der Waals surface area contributed by atoms with E-state index in [1.165, 1.54) is 0 Å². The van der Waals surface area contributed by atoms with E-state index in [1.54, 1.807) is 7.11 Å². The van der Waals surface area contributed by atoms with Crippen LogP contribution in [0.5, 0.6) is 0 Å². The lowest BCUT2D eigenvalue weighted by Gasteiger charge is -2.09. The number of methoxy groups -OCH3 is 1. The van der Waals surface area contributed by atoms with Crippen molar-refractivity contribution >= 4 is 11.5 Å². The first-order valence-corrected chi connectivity index (χ1v) is 5.41. The maximum atomic E-state index is 10.2. The second kappa shape index (κ2) is 5.21. The zero-order valence-corrected chi connectivity index (χ0v) is 9.63. The average Bonchev–Trinajstić information content (AvgIpc) is 2.42. The van der Waals surface area contributed by atoms with E-state index in [4.69, 9.17) is 4.74 Å². The molecule has 0 amide bonds. The van der Waals surface area contributed by atoms with Crippen molar-refractivity contribution in [2.75, 3.05) is 7.11 Å². The summed E-state index contributed by atoms with van der Waals surface area (Å²) in [6.07, 6.45) is 0. The van der Waals surface area contributed by atoms with Gasteiger partial charge in [0.15, 0.2) is 11.5 Å². The Hall–Kier alpha value is -2.22. The van der Waals surface area contributed by atoms with Crippen LogP contribution in [0.25, 0.3) is 11.5 Å². The van der Waals surface area contributed by atoms with Gasteiger partial charge in [-0.05, 0) is 0 Å². The fourth-order valence-corrected chi connectivity index (χ4v) is 1.67. The Kier molecular flexibility index (Phi) is 3.46. The highest BCUT2D eigenvalue weighted by atomic mass is 16.5. The first-order valence-electron chi connectivity index (χ1n) is 5.41. The van der Waals surface area contributed by atoms with Gasteiger partial charge < -0.3 is 9.84 Å². The van der Waals surface area contributed by atoms with Crippen LogP contribution in [0.15, 0.2) is 60.7 Å². The van der Waals surface area contributed by atoms with Crippen molar-refractivity contribution in [3.8, 4) is 0 Å². The van der Waals surface area contributed by atoms with E-state index < -0.39 is 0 Å². The highest BCUT2D eigenvalue weighted by molar-refractivity contribution is 5.83.